The number of nitrogens with one attached hydrogen (secondary N) is 1. The number of benzene rings is 1. The van der Waals surface area contributed by atoms with Crippen molar-refractivity contribution in [3.63, 3.8) is 0 Å². The van der Waals surface area contributed by atoms with Gasteiger partial charge in [-0.25, -0.2) is 0 Å². The van der Waals surface area contributed by atoms with Crippen molar-refractivity contribution in [2.45, 2.75) is 45.6 Å². The van der Waals surface area contributed by atoms with E-state index in [0.717, 1.165) is 18.4 Å². The molecule has 0 aliphatic heterocycles. The molecule has 1 fully saturated rings. The van der Waals surface area contributed by atoms with Crippen molar-refractivity contribution in [2.75, 3.05) is 6.61 Å². The molecule has 2 rings (SSSR count). The third-order valence-electron chi connectivity index (χ3n) is 4.61. The van der Waals surface area contributed by atoms with Crippen molar-refractivity contribution < 1.29 is 14.3 Å². The number of ether oxygens (including phenoxy) is 1. The van der Waals surface area contributed by atoms with E-state index in [4.69, 9.17) is 4.74 Å². The summed E-state index contributed by atoms with van der Waals surface area (Å²) < 4.78 is 5.06. The van der Waals surface area contributed by atoms with Gasteiger partial charge >= 0.3 is 5.97 Å². The zero-order valence-corrected chi connectivity index (χ0v) is 13.4. The van der Waals surface area contributed by atoms with Crippen LogP contribution in [0.25, 0.3) is 0 Å². The molecule has 4 nitrogen and oxygen atoms in total. The fourth-order valence-electron chi connectivity index (χ4n) is 2.99. The first-order chi connectivity index (χ1) is 10.6. The minimum atomic E-state index is -0.369. The van der Waals surface area contributed by atoms with Crippen molar-refractivity contribution in [2.24, 2.45) is 11.8 Å². The maximum Gasteiger partial charge on any atom is 0.310 e. The van der Waals surface area contributed by atoms with Crippen LogP contribution >= 0.6 is 0 Å². The molecule has 0 radical (unpaired) electrons. The van der Waals surface area contributed by atoms with E-state index in [2.05, 4.69) is 19.2 Å². The van der Waals surface area contributed by atoms with Crippen molar-refractivity contribution in [3.05, 3.63) is 35.9 Å². The largest absolute Gasteiger partial charge is 0.455 e. The second-order valence-electron chi connectivity index (χ2n) is 6.26. The van der Waals surface area contributed by atoms with Crippen LogP contribution in [0.5, 0.6) is 0 Å². The smallest absolute Gasteiger partial charge is 0.310 e. The first-order valence-electron chi connectivity index (χ1n) is 8.05. The Labute approximate surface area is 132 Å². The Balaban J connectivity index is 1.72. The zero-order chi connectivity index (χ0) is 15.9. The van der Waals surface area contributed by atoms with Crippen molar-refractivity contribution in [1.82, 2.24) is 5.32 Å². The summed E-state index contributed by atoms with van der Waals surface area (Å²) in [5.41, 5.74) is 0.891. The minimum absolute atomic E-state index is 0.191. The van der Waals surface area contributed by atoms with Gasteiger partial charge in [-0.2, -0.15) is 0 Å². The Morgan fingerprint density at radius 3 is 2.64 bits per heavy atom. The van der Waals surface area contributed by atoms with E-state index in [1.807, 2.05) is 30.3 Å². The molecule has 0 saturated heterocycles. The van der Waals surface area contributed by atoms with Crippen LogP contribution in [0.3, 0.4) is 0 Å². The van der Waals surface area contributed by atoms with E-state index in [9.17, 15) is 9.59 Å². The van der Waals surface area contributed by atoms with E-state index in [1.165, 1.54) is 6.42 Å². The molecule has 0 unspecified atom stereocenters. The Morgan fingerprint density at radius 1 is 1.18 bits per heavy atom. The monoisotopic (exact) mass is 303 g/mol. The summed E-state index contributed by atoms with van der Waals surface area (Å²) in [6.07, 6.45) is 3.57. The van der Waals surface area contributed by atoms with Gasteiger partial charge in [-0.05, 0) is 23.8 Å². The van der Waals surface area contributed by atoms with E-state index in [1.54, 1.807) is 0 Å². The highest BCUT2D eigenvalue weighted by molar-refractivity contribution is 5.81. The van der Waals surface area contributed by atoms with Crippen LogP contribution in [0.4, 0.5) is 0 Å². The maximum absolute atomic E-state index is 11.9. The normalized spacial score (nSPS) is 24.5. The van der Waals surface area contributed by atoms with E-state index < -0.39 is 0 Å². The number of rotatable bonds is 5. The highest BCUT2D eigenvalue weighted by Gasteiger charge is 2.28. The van der Waals surface area contributed by atoms with Gasteiger partial charge in [0.25, 0.3) is 5.91 Å². The van der Waals surface area contributed by atoms with Crippen LogP contribution in [-0.4, -0.2) is 24.5 Å². The van der Waals surface area contributed by atoms with Crippen LogP contribution in [0.1, 0.15) is 38.7 Å². The van der Waals surface area contributed by atoms with Crippen LogP contribution in [0, 0.1) is 11.8 Å². The molecule has 120 valence electrons. The number of hydrogen-bond acceptors (Lipinski definition) is 3. The number of carbonyl (C=O) groups is 2. The average Bonchev–Trinajstić information content (AvgIpc) is 2.51. The lowest BCUT2D eigenvalue weighted by Crippen LogP contribution is -2.45. The van der Waals surface area contributed by atoms with Gasteiger partial charge in [-0.3, -0.25) is 9.59 Å². The molecule has 1 N–H and O–H groups in total. The van der Waals surface area contributed by atoms with Gasteiger partial charge in [0.05, 0.1) is 6.42 Å². The Morgan fingerprint density at radius 2 is 1.91 bits per heavy atom. The summed E-state index contributed by atoms with van der Waals surface area (Å²) in [6, 6.07) is 9.58. The molecule has 1 aliphatic carbocycles. The molecule has 1 saturated carbocycles. The summed E-state index contributed by atoms with van der Waals surface area (Å²) in [5, 5.41) is 3.00. The molecule has 1 amide bonds. The molecular formula is C18H25NO3. The quantitative estimate of drug-likeness (QED) is 0.851. The number of esters is 1. The topological polar surface area (TPSA) is 55.4 Å². The zero-order valence-electron chi connectivity index (χ0n) is 13.4. The molecule has 4 heteroatoms. The number of amides is 1. The number of hydrogen-bond donors (Lipinski definition) is 1. The van der Waals surface area contributed by atoms with Crippen molar-refractivity contribution >= 4 is 11.9 Å². The van der Waals surface area contributed by atoms with Gasteiger partial charge in [0.15, 0.2) is 6.61 Å². The first-order valence-corrected chi connectivity index (χ1v) is 8.05. The first kappa shape index (κ1) is 16.5. The predicted octanol–water partition coefficient (Wildman–Crippen LogP) is 2.71. The lowest BCUT2D eigenvalue weighted by Gasteiger charge is -2.34. The van der Waals surface area contributed by atoms with Gasteiger partial charge in [0.2, 0.25) is 0 Å². The van der Waals surface area contributed by atoms with Crippen molar-refractivity contribution in [3.8, 4) is 0 Å². The van der Waals surface area contributed by atoms with Gasteiger partial charge in [-0.1, -0.05) is 57.0 Å². The molecular weight excluding hydrogens is 278 g/mol. The second-order valence-corrected chi connectivity index (χ2v) is 6.26. The average molecular weight is 303 g/mol. The third kappa shape index (κ3) is 4.86. The standard InChI is InChI=1S/C18H25NO3/c1-13-7-6-10-16(14(13)2)19-17(20)12-22-18(21)11-15-8-4-3-5-9-15/h3-5,8-9,13-14,16H,6-7,10-12H2,1-2H3,(H,19,20)/t13-,14-,16-/m1/s1. The van der Waals surface area contributed by atoms with Crippen LogP contribution in [0.15, 0.2) is 30.3 Å². The summed E-state index contributed by atoms with van der Waals surface area (Å²) in [4.78, 5) is 23.7. The fraction of sp³-hybridized carbons (Fsp3) is 0.556. The highest BCUT2D eigenvalue weighted by Crippen LogP contribution is 2.29. The second kappa shape index (κ2) is 7.97. The Kier molecular flexibility index (Phi) is 5.99. The van der Waals surface area contributed by atoms with Gasteiger partial charge in [0.1, 0.15) is 0 Å². The molecule has 22 heavy (non-hydrogen) atoms. The van der Waals surface area contributed by atoms with Crippen LogP contribution in [-0.2, 0) is 20.7 Å². The Bertz CT molecular complexity index is 500. The van der Waals surface area contributed by atoms with Gasteiger partial charge < -0.3 is 10.1 Å². The highest BCUT2D eigenvalue weighted by atomic mass is 16.5. The lowest BCUT2D eigenvalue weighted by atomic mass is 9.78. The summed E-state index contributed by atoms with van der Waals surface area (Å²) >= 11 is 0. The van der Waals surface area contributed by atoms with Crippen LogP contribution < -0.4 is 5.32 Å². The molecule has 0 bridgehead atoms. The van der Waals surface area contributed by atoms with E-state index in [0.29, 0.717) is 11.8 Å². The molecule has 1 aliphatic rings. The van der Waals surface area contributed by atoms with E-state index >= 15 is 0 Å². The summed E-state index contributed by atoms with van der Waals surface area (Å²) in [7, 11) is 0. The van der Waals surface area contributed by atoms with Crippen LogP contribution in [0.2, 0.25) is 0 Å². The van der Waals surface area contributed by atoms with Crippen molar-refractivity contribution in [1.29, 1.82) is 0 Å². The SMILES string of the molecule is C[C@@H]1[C@H](C)CCC[C@H]1NC(=O)COC(=O)Cc1ccccc1. The van der Waals surface area contributed by atoms with Gasteiger partial charge in [0, 0.05) is 6.04 Å². The Hall–Kier alpha value is -1.84. The minimum Gasteiger partial charge on any atom is -0.455 e. The molecule has 0 aromatic heterocycles. The molecule has 0 heterocycles. The molecule has 0 spiro atoms. The summed E-state index contributed by atoms with van der Waals surface area (Å²) in [5.74, 6) is 0.524. The van der Waals surface area contributed by atoms with Gasteiger partial charge in [-0.15, -0.1) is 0 Å². The number of carbonyl (C=O) groups excluding carboxylic acids is 2. The van der Waals surface area contributed by atoms with E-state index in [-0.39, 0.29) is 30.9 Å². The lowest BCUT2D eigenvalue weighted by molar-refractivity contribution is -0.148. The predicted molar refractivity (Wildman–Crippen MR) is 85.2 cm³/mol. The fourth-order valence-corrected chi connectivity index (χ4v) is 2.99. The molecule has 1 aromatic rings. The third-order valence-corrected chi connectivity index (χ3v) is 4.61. The molecule has 3 atom stereocenters. The summed E-state index contributed by atoms with van der Waals surface area (Å²) in [6.45, 7) is 4.21. The molecule has 1 aromatic carbocycles. The maximum atomic E-state index is 11.9.